The van der Waals surface area contributed by atoms with Crippen molar-refractivity contribution in [2.45, 2.75) is 19.8 Å². The Balaban J connectivity index is 1.60. The summed E-state index contributed by atoms with van der Waals surface area (Å²) in [5.41, 5.74) is 2.74. The molecule has 24 heavy (non-hydrogen) atoms. The number of amides is 2. The van der Waals surface area contributed by atoms with Gasteiger partial charge in [-0.2, -0.15) is 0 Å². The van der Waals surface area contributed by atoms with E-state index in [-0.39, 0.29) is 12.6 Å². The van der Waals surface area contributed by atoms with Crippen LogP contribution >= 0.6 is 11.6 Å². The lowest BCUT2D eigenvalue weighted by atomic mass is 10.1. The molecule has 0 saturated heterocycles. The summed E-state index contributed by atoms with van der Waals surface area (Å²) in [5.74, 6) is 0. The van der Waals surface area contributed by atoms with Crippen LogP contribution in [-0.4, -0.2) is 24.3 Å². The Bertz CT molecular complexity index is 647. The molecule has 0 atom stereocenters. The van der Waals surface area contributed by atoms with Gasteiger partial charge in [0, 0.05) is 18.1 Å². The predicted molar refractivity (Wildman–Crippen MR) is 93.7 cm³/mol. The molecule has 0 aliphatic carbocycles. The van der Waals surface area contributed by atoms with Gasteiger partial charge in [0.15, 0.2) is 0 Å². The molecule has 2 aromatic carbocycles. The van der Waals surface area contributed by atoms with E-state index >= 15 is 0 Å². The van der Waals surface area contributed by atoms with Crippen molar-refractivity contribution >= 4 is 17.6 Å². The standard InChI is InChI=1S/C18H21ClN2O3/c19-17-7-5-14(6-8-17)13-24-10-9-20-18(23)21-11-15-3-1-2-4-16(15)12-22/h1-8,22H,9-13H2,(H2,20,21,23). The van der Waals surface area contributed by atoms with Crippen molar-refractivity contribution < 1.29 is 14.6 Å². The Hall–Kier alpha value is -2.08. The van der Waals surface area contributed by atoms with Crippen LogP contribution in [0.1, 0.15) is 16.7 Å². The van der Waals surface area contributed by atoms with E-state index < -0.39 is 0 Å². The third kappa shape index (κ3) is 6.20. The fourth-order valence-electron chi connectivity index (χ4n) is 2.13. The molecule has 2 amide bonds. The molecule has 0 saturated carbocycles. The van der Waals surface area contributed by atoms with Crippen molar-refractivity contribution in [3.05, 3.63) is 70.2 Å². The highest BCUT2D eigenvalue weighted by Crippen LogP contribution is 2.10. The van der Waals surface area contributed by atoms with Crippen molar-refractivity contribution in [2.24, 2.45) is 0 Å². The SMILES string of the molecule is O=C(NCCOCc1ccc(Cl)cc1)NCc1ccccc1CO. The minimum atomic E-state index is -0.266. The van der Waals surface area contributed by atoms with E-state index in [1.54, 1.807) is 0 Å². The molecule has 0 spiro atoms. The number of rotatable bonds is 8. The first kappa shape index (κ1) is 18.3. The number of urea groups is 1. The Kier molecular flexibility index (Phi) is 7.55. The number of carbonyl (C=O) groups excluding carboxylic acids is 1. The number of hydrogen-bond donors (Lipinski definition) is 3. The van der Waals surface area contributed by atoms with Gasteiger partial charge in [0.2, 0.25) is 0 Å². The molecule has 128 valence electrons. The van der Waals surface area contributed by atoms with E-state index in [0.717, 1.165) is 16.7 Å². The molecule has 0 fully saturated rings. The second kappa shape index (κ2) is 9.93. The highest BCUT2D eigenvalue weighted by Gasteiger charge is 2.03. The summed E-state index contributed by atoms with van der Waals surface area (Å²) >= 11 is 5.81. The molecule has 0 heterocycles. The lowest BCUT2D eigenvalue weighted by Crippen LogP contribution is -2.37. The first-order valence-corrected chi connectivity index (χ1v) is 8.08. The van der Waals surface area contributed by atoms with Gasteiger partial charge in [-0.15, -0.1) is 0 Å². The van der Waals surface area contributed by atoms with Crippen molar-refractivity contribution in [1.82, 2.24) is 10.6 Å². The molecular formula is C18H21ClN2O3. The molecule has 0 bridgehead atoms. The van der Waals surface area contributed by atoms with E-state index in [9.17, 15) is 9.90 Å². The molecule has 0 unspecified atom stereocenters. The fraction of sp³-hybridized carbons (Fsp3) is 0.278. The number of aliphatic hydroxyl groups excluding tert-OH is 1. The zero-order valence-corrected chi connectivity index (χ0v) is 14.1. The molecule has 0 aliphatic heterocycles. The molecule has 3 N–H and O–H groups in total. The van der Waals surface area contributed by atoms with E-state index in [0.29, 0.717) is 31.3 Å². The Morgan fingerprint density at radius 2 is 1.75 bits per heavy atom. The van der Waals surface area contributed by atoms with Crippen LogP contribution < -0.4 is 10.6 Å². The van der Waals surface area contributed by atoms with Crippen LogP contribution in [0.2, 0.25) is 5.02 Å². The van der Waals surface area contributed by atoms with E-state index in [1.807, 2.05) is 48.5 Å². The second-order valence-corrected chi connectivity index (χ2v) is 5.65. The van der Waals surface area contributed by atoms with Gasteiger partial charge < -0.3 is 20.5 Å². The van der Waals surface area contributed by atoms with E-state index in [4.69, 9.17) is 16.3 Å². The maximum absolute atomic E-state index is 11.7. The van der Waals surface area contributed by atoms with Gasteiger partial charge in [0.05, 0.1) is 19.8 Å². The van der Waals surface area contributed by atoms with Crippen molar-refractivity contribution in [3.8, 4) is 0 Å². The first-order chi connectivity index (χ1) is 11.7. The van der Waals surface area contributed by atoms with Gasteiger partial charge in [-0.05, 0) is 28.8 Å². The van der Waals surface area contributed by atoms with Crippen LogP contribution in [0.3, 0.4) is 0 Å². The summed E-state index contributed by atoms with van der Waals surface area (Å²) in [4.78, 5) is 11.7. The first-order valence-electron chi connectivity index (χ1n) is 7.70. The van der Waals surface area contributed by atoms with Crippen LogP contribution in [0.5, 0.6) is 0 Å². The highest BCUT2D eigenvalue weighted by atomic mass is 35.5. The number of ether oxygens (including phenoxy) is 1. The molecule has 2 rings (SSSR count). The normalized spacial score (nSPS) is 10.4. The maximum Gasteiger partial charge on any atom is 0.315 e. The summed E-state index contributed by atoms with van der Waals surface area (Å²) in [7, 11) is 0. The summed E-state index contributed by atoms with van der Waals surface area (Å²) < 4.78 is 5.49. The van der Waals surface area contributed by atoms with Crippen molar-refractivity contribution in [2.75, 3.05) is 13.2 Å². The monoisotopic (exact) mass is 348 g/mol. The third-order valence-corrected chi connectivity index (χ3v) is 3.69. The molecular weight excluding hydrogens is 328 g/mol. The highest BCUT2D eigenvalue weighted by molar-refractivity contribution is 6.30. The lowest BCUT2D eigenvalue weighted by Gasteiger charge is -2.10. The van der Waals surface area contributed by atoms with Crippen molar-refractivity contribution in [3.63, 3.8) is 0 Å². The molecule has 0 aromatic heterocycles. The summed E-state index contributed by atoms with van der Waals surface area (Å²) in [6, 6.07) is 14.6. The maximum atomic E-state index is 11.7. The minimum absolute atomic E-state index is 0.0436. The molecule has 6 heteroatoms. The summed E-state index contributed by atoms with van der Waals surface area (Å²) in [5, 5.41) is 15.4. The van der Waals surface area contributed by atoms with Crippen LogP contribution in [0, 0.1) is 0 Å². The van der Waals surface area contributed by atoms with Crippen LogP contribution in [0.25, 0.3) is 0 Å². The summed E-state index contributed by atoms with van der Waals surface area (Å²) in [6.07, 6.45) is 0. The van der Waals surface area contributed by atoms with Gasteiger partial charge in [-0.25, -0.2) is 4.79 Å². The van der Waals surface area contributed by atoms with Gasteiger partial charge >= 0.3 is 6.03 Å². The molecule has 5 nitrogen and oxygen atoms in total. The topological polar surface area (TPSA) is 70.6 Å². The quantitative estimate of drug-likeness (QED) is 0.642. The zero-order valence-electron chi connectivity index (χ0n) is 13.3. The van der Waals surface area contributed by atoms with Gasteiger partial charge in [-0.3, -0.25) is 0 Å². The number of carbonyl (C=O) groups is 1. The van der Waals surface area contributed by atoms with Crippen molar-refractivity contribution in [1.29, 1.82) is 0 Å². The van der Waals surface area contributed by atoms with Crippen LogP contribution in [0.4, 0.5) is 4.79 Å². The van der Waals surface area contributed by atoms with Gasteiger partial charge in [0.1, 0.15) is 0 Å². The molecule has 2 aromatic rings. The number of aliphatic hydroxyl groups is 1. The Labute approximate surface area is 146 Å². The van der Waals surface area contributed by atoms with E-state index in [2.05, 4.69) is 10.6 Å². The molecule has 0 radical (unpaired) electrons. The summed E-state index contributed by atoms with van der Waals surface area (Å²) in [6.45, 7) is 1.64. The number of benzene rings is 2. The fourth-order valence-corrected chi connectivity index (χ4v) is 2.26. The average Bonchev–Trinajstić information content (AvgIpc) is 2.61. The van der Waals surface area contributed by atoms with Gasteiger partial charge in [-0.1, -0.05) is 48.0 Å². The molecule has 0 aliphatic rings. The minimum Gasteiger partial charge on any atom is -0.392 e. The zero-order chi connectivity index (χ0) is 17.2. The van der Waals surface area contributed by atoms with Gasteiger partial charge in [0.25, 0.3) is 0 Å². The number of hydrogen-bond acceptors (Lipinski definition) is 3. The smallest absolute Gasteiger partial charge is 0.315 e. The average molecular weight is 349 g/mol. The lowest BCUT2D eigenvalue weighted by molar-refractivity contribution is 0.123. The Morgan fingerprint density at radius 3 is 2.46 bits per heavy atom. The van der Waals surface area contributed by atoms with Crippen LogP contribution in [0.15, 0.2) is 48.5 Å². The van der Waals surface area contributed by atoms with Crippen LogP contribution in [-0.2, 0) is 24.5 Å². The third-order valence-electron chi connectivity index (χ3n) is 3.44. The second-order valence-electron chi connectivity index (χ2n) is 5.22. The largest absolute Gasteiger partial charge is 0.392 e. The predicted octanol–water partition coefficient (Wildman–Crippen LogP) is 2.85. The van der Waals surface area contributed by atoms with E-state index in [1.165, 1.54) is 0 Å². The number of nitrogens with one attached hydrogen (secondary N) is 2. The number of halogens is 1. The Morgan fingerprint density at radius 1 is 1.04 bits per heavy atom.